The van der Waals surface area contributed by atoms with Gasteiger partial charge in [-0.25, -0.2) is 0 Å². The Bertz CT molecular complexity index is 632. The van der Waals surface area contributed by atoms with E-state index in [0.717, 1.165) is 24.5 Å². The smallest absolute Gasteiger partial charge is 0.191 e. The Morgan fingerprint density at radius 3 is 2.82 bits per heavy atom. The van der Waals surface area contributed by atoms with Crippen LogP contribution in [0.2, 0.25) is 0 Å². The lowest BCUT2D eigenvalue weighted by Crippen LogP contribution is -2.37. The van der Waals surface area contributed by atoms with E-state index in [4.69, 9.17) is 5.26 Å². The molecule has 1 aromatic heterocycles. The van der Waals surface area contributed by atoms with Gasteiger partial charge in [-0.15, -0.1) is 35.3 Å². The number of guanidine groups is 1. The third-order valence-electron chi connectivity index (χ3n) is 2.98. The van der Waals surface area contributed by atoms with Crippen LogP contribution in [0.25, 0.3) is 0 Å². The predicted molar refractivity (Wildman–Crippen MR) is 103 cm³/mol. The molecule has 0 aliphatic rings. The van der Waals surface area contributed by atoms with E-state index in [-0.39, 0.29) is 24.0 Å². The SMILES string of the molecule is CN=C(NCCc1cccs1)NCc1cccc(C#N)c1.I. The van der Waals surface area contributed by atoms with Crippen molar-refractivity contribution in [2.24, 2.45) is 4.99 Å². The van der Waals surface area contributed by atoms with Gasteiger partial charge in [-0.05, 0) is 35.6 Å². The van der Waals surface area contributed by atoms with Gasteiger partial charge in [0.2, 0.25) is 0 Å². The highest BCUT2D eigenvalue weighted by Crippen LogP contribution is 2.08. The molecule has 6 heteroatoms. The summed E-state index contributed by atoms with van der Waals surface area (Å²) in [6, 6.07) is 13.9. The van der Waals surface area contributed by atoms with E-state index in [9.17, 15) is 0 Å². The molecule has 0 atom stereocenters. The molecule has 0 aliphatic heterocycles. The molecule has 1 heterocycles. The van der Waals surface area contributed by atoms with Crippen molar-refractivity contribution in [2.45, 2.75) is 13.0 Å². The first-order chi connectivity index (χ1) is 10.3. The van der Waals surface area contributed by atoms with Crippen LogP contribution in [0.3, 0.4) is 0 Å². The Morgan fingerprint density at radius 1 is 1.27 bits per heavy atom. The lowest BCUT2D eigenvalue weighted by Gasteiger charge is -2.11. The summed E-state index contributed by atoms with van der Waals surface area (Å²) in [5.74, 6) is 0.772. The predicted octanol–water partition coefficient (Wildman–Crippen LogP) is 3.15. The number of hydrogen-bond acceptors (Lipinski definition) is 3. The van der Waals surface area contributed by atoms with Crippen molar-refractivity contribution in [3.8, 4) is 6.07 Å². The van der Waals surface area contributed by atoms with Crippen LogP contribution >= 0.6 is 35.3 Å². The van der Waals surface area contributed by atoms with Crippen molar-refractivity contribution in [1.29, 1.82) is 5.26 Å². The Hall–Kier alpha value is -1.59. The van der Waals surface area contributed by atoms with Crippen molar-refractivity contribution in [2.75, 3.05) is 13.6 Å². The number of nitriles is 1. The van der Waals surface area contributed by atoms with Gasteiger partial charge in [0.15, 0.2) is 5.96 Å². The second-order valence-electron chi connectivity index (χ2n) is 4.49. The Labute approximate surface area is 152 Å². The standard InChI is InChI=1S/C16H18N4S.HI/c1-18-16(19-8-7-15-6-3-9-21-15)20-12-14-5-2-4-13(10-14)11-17;/h2-6,9-10H,7-8,12H2,1H3,(H2,18,19,20);1H. The Balaban J connectivity index is 0.00000242. The largest absolute Gasteiger partial charge is 0.356 e. The van der Waals surface area contributed by atoms with Crippen LogP contribution in [0.15, 0.2) is 46.8 Å². The van der Waals surface area contributed by atoms with Crippen LogP contribution in [-0.4, -0.2) is 19.6 Å². The molecule has 4 nitrogen and oxygen atoms in total. The molecule has 2 rings (SSSR count). The van der Waals surface area contributed by atoms with Crippen molar-refractivity contribution in [3.05, 3.63) is 57.8 Å². The average molecular weight is 426 g/mol. The maximum Gasteiger partial charge on any atom is 0.191 e. The summed E-state index contributed by atoms with van der Waals surface area (Å²) in [6.07, 6.45) is 0.988. The van der Waals surface area contributed by atoms with Gasteiger partial charge in [-0.1, -0.05) is 18.2 Å². The highest BCUT2D eigenvalue weighted by molar-refractivity contribution is 14.0. The first-order valence-corrected chi connectivity index (χ1v) is 7.65. The molecule has 0 saturated heterocycles. The normalized spacial score (nSPS) is 10.5. The second kappa shape index (κ2) is 10.2. The monoisotopic (exact) mass is 426 g/mol. The molecule has 2 N–H and O–H groups in total. The second-order valence-corrected chi connectivity index (χ2v) is 5.53. The molecule has 0 fully saturated rings. The van der Waals surface area contributed by atoms with Crippen LogP contribution < -0.4 is 10.6 Å². The van der Waals surface area contributed by atoms with Gasteiger partial charge in [-0.2, -0.15) is 5.26 Å². The maximum atomic E-state index is 8.89. The lowest BCUT2D eigenvalue weighted by molar-refractivity contribution is 0.799. The molecular weight excluding hydrogens is 407 g/mol. The molecule has 0 unspecified atom stereocenters. The van der Waals surface area contributed by atoms with E-state index in [0.29, 0.717) is 12.1 Å². The minimum Gasteiger partial charge on any atom is -0.356 e. The van der Waals surface area contributed by atoms with E-state index >= 15 is 0 Å². The van der Waals surface area contributed by atoms with Crippen molar-refractivity contribution < 1.29 is 0 Å². The highest BCUT2D eigenvalue weighted by atomic mass is 127. The third kappa shape index (κ3) is 6.03. The fraction of sp³-hybridized carbons (Fsp3) is 0.250. The van der Waals surface area contributed by atoms with Crippen molar-refractivity contribution in [1.82, 2.24) is 10.6 Å². The molecule has 22 heavy (non-hydrogen) atoms. The molecule has 0 spiro atoms. The summed E-state index contributed by atoms with van der Waals surface area (Å²) in [7, 11) is 1.76. The third-order valence-corrected chi connectivity index (χ3v) is 3.92. The molecule has 0 radical (unpaired) electrons. The maximum absolute atomic E-state index is 8.89. The zero-order chi connectivity index (χ0) is 14.9. The van der Waals surface area contributed by atoms with Crippen molar-refractivity contribution >= 4 is 41.3 Å². The minimum absolute atomic E-state index is 0. The number of nitrogens with zero attached hydrogens (tertiary/aromatic N) is 2. The number of nitrogens with one attached hydrogen (secondary N) is 2. The van der Waals surface area contributed by atoms with E-state index in [1.165, 1.54) is 4.88 Å². The number of rotatable bonds is 5. The molecule has 0 aliphatic carbocycles. The van der Waals surface area contributed by atoms with Crippen LogP contribution in [-0.2, 0) is 13.0 Å². The number of aliphatic imine (C=N–C) groups is 1. The summed E-state index contributed by atoms with van der Waals surface area (Å²) < 4.78 is 0. The molecule has 2 aromatic rings. The van der Waals surface area contributed by atoms with Gasteiger partial charge in [0.1, 0.15) is 0 Å². The van der Waals surface area contributed by atoms with Crippen LogP contribution in [0.5, 0.6) is 0 Å². The fourth-order valence-electron chi connectivity index (χ4n) is 1.92. The summed E-state index contributed by atoms with van der Waals surface area (Å²) in [4.78, 5) is 5.56. The molecule has 0 saturated carbocycles. The van der Waals surface area contributed by atoms with Crippen LogP contribution in [0.1, 0.15) is 16.0 Å². The van der Waals surface area contributed by atoms with Gasteiger partial charge >= 0.3 is 0 Å². The van der Waals surface area contributed by atoms with Gasteiger partial charge in [0.25, 0.3) is 0 Å². The van der Waals surface area contributed by atoms with Gasteiger partial charge in [0, 0.05) is 25.0 Å². The van der Waals surface area contributed by atoms with Crippen LogP contribution in [0, 0.1) is 11.3 Å². The van der Waals surface area contributed by atoms with E-state index < -0.39 is 0 Å². The summed E-state index contributed by atoms with van der Waals surface area (Å²) >= 11 is 1.77. The molecule has 0 bridgehead atoms. The number of hydrogen-bond donors (Lipinski definition) is 2. The van der Waals surface area contributed by atoms with Crippen molar-refractivity contribution in [3.63, 3.8) is 0 Å². The zero-order valence-electron chi connectivity index (χ0n) is 12.4. The number of benzene rings is 1. The molecule has 1 aromatic carbocycles. The summed E-state index contributed by atoms with van der Waals surface area (Å²) in [5.41, 5.74) is 1.74. The van der Waals surface area contributed by atoms with E-state index in [1.54, 1.807) is 24.5 Å². The number of thiophene rings is 1. The van der Waals surface area contributed by atoms with E-state index in [1.807, 2.05) is 18.2 Å². The average Bonchev–Trinajstić information content (AvgIpc) is 3.04. The summed E-state index contributed by atoms with van der Waals surface area (Å²) in [6.45, 7) is 1.49. The Kier molecular flexibility index (Phi) is 8.55. The minimum atomic E-state index is 0. The van der Waals surface area contributed by atoms with E-state index in [2.05, 4.69) is 39.2 Å². The zero-order valence-corrected chi connectivity index (χ0v) is 15.5. The first-order valence-electron chi connectivity index (χ1n) is 6.78. The van der Waals surface area contributed by atoms with Gasteiger partial charge in [0.05, 0.1) is 11.6 Å². The fourth-order valence-corrected chi connectivity index (χ4v) is 2.63. The molecular formula is C16H19IN4S. The van der Waals surface area contributed by atoms with Gasteiger partial charge in [-0.3, -0.25) is 4.99 Å². The molecule has 0 amide bonds. The molecule has 116 valence electrons. The quantitative estimate of drug-likeness (QED) is 0.439. The van der Waals surface area contributed by atoms with Gasteiger partial charge < -0.3 is 10.6 Å². The van der Waals surface area contributed by atoms with Crippen LogP contribution in [0.4, 0.5) is 0 Å². The highest BCUT2D eigenvalue weighted by Gasteiger charge is 2.00. The lowest BCUT2D eigenvalue weighted by atomic mass is 10.1. The topological polar surface area (TPSA) is 60.2 Å². The summed E-state index contributed by atoms with van der Waals surface area (Å²) in [5, 5.41) is 17.5. The number of halogens is 1. The first kappa shape index (κ1) is 18.5. The Morgan fingerprint density at radius 2 is 2.14 bits per heavy atom.